The molecule has 17 heteroatoms. The van der Waals surface area contributed by atoms with Crippen LogP contribution < -0.4 is 15.4 Å². The van der Waals surface area contributed by atoms with E-state index in [1.807, 2.05) is 92.7 Å². The predicted molar refractivity (Wildman–Crippen MR) is 300 cm³/mol. The molecular formula is C61H77N7O9S. The lowest BCUT2D eigenvalue weighted by Gasteiger charge is -2.35. The Bertz CT molecular complexity index is 2900. The van der Waals surface area contributed by atoms with Gasteiger partial charge in [0.2, 0.25) is 23.6 Å². The van der Waals surface area contributed by atoms with Crippen molar-refractivity contribution < 1.29 is 44.0 Å². The van der Waals surface area contributed by atoms with E-state index < -0.39 is 23.6 Å². The van der Waals surface area contributed by atoms with Crippen molar-refractivity contribution in [3.05, 3.63) is 129 Å². The molecule has 2 fully saturated rings. The lowest BCUT2D eigenvalue weighted by Crippen LogP contribution is -2.57. The second kappa shape index (κ2) is 26.2. The number of aliphatic hydroxyl groups excluding tert-OH is 1. The first kappa shape index (κ1) is 57.4. The molecule has 0 radical (unpaired) electrons. The van der Waals surface area contributed by atoms with Gasteiger partial charge >= 0.3 is 0 Å². The average molecular weight is 1080 g/mol. The highest BCUT2D eigenvalue weighted by atomic mass is 32.1. The number of nitrogens with one attached hydrogen (secondary N) is 2. The van der Waals surface area contributed by atoms with Crippen molar-refractivity contribution in [2.45, 2.75) is 150 Å². The number of nitrogens with zero attached hydrogens (tertiary/aromatic N) is 5. The van der Waals surface area contributed by atoms with Crippen molar-refractivity contribution in [2.75, 3.05) is 32.7 Å². The monoisotopic (exact) mass is 1080 g/mol. The first-order valence-corrected chi connectivity index (χ1v) is 28.5. The predicted octanol–water partition coefficient (Wildman–Crippen LogP) is 8.54. The van der Waals surface area contributed by atoms with Gasteiger partial charge in [-0.3, -0.25) is 28.9 Å². The van der Waals surface area contributed by atoms with Gasteiger partial charge < -0.3 is 45.4 Å². The Morgan fingerprint density at radius 1 is 0.769 bits per heavy atom. The van der Waals surface area contributed by atoms with Crippen molar-refractivity contribution in [2.24, 2.45) is 5.41 Å². The molecule has 16 nitrogen and oxygen atoms in total. The Balaban J connectivity index is 0.691. The molecule has 0 spiro atoms. The van der Waals surface area contributed by atoms with Gasteiger partial charge in [-0.05, 0) is 65.5 Å². The number of aromatic hydroxyl groups is 2. The molecule has 5 aromatic rings. The molecule has 5 amide bonds. The molecule has 1 aromatic heterocycles. The topological polar surface area (TPSA) is 205 Å². The Labute approximate surface area is 462 Å². The van der Waals surface area contributed by atoms with Crippen LogP contribution in [-0.2, 0) is 52.0 Å². The molecule has 0 bridgehead atoms. The molecule has 78 heavy (non-hydrogen) atoms. The number of aryl methyl sites for hydroxylation is 1. The minimum absolute atomic E-state index is 0.0214. The minimum atomic E-state index is -0.867. The second-order valence-electron chi connectivity index (χ2n) is 22.4. The summed E-state index contributed by atoms with van der Waals surface area (Å²) < 4.78 is 6.08. The van der Waals surface area contributed by atoms with E-state index in [0.29, 0.717) is 44.6 Å². The minimum Gasteiger partial charge on any atom is -0.507 e. The highest BCUT2D eigenvalue weighted by molar-refractivity contribution is 7.13. The Hall–Kier alpha value is -6.82. The summed E-state index contributed by atoms with van der Waals surface area (Å²) in [5.41, 5.74) is 8.67. The number of likely N-dealkylation sites (tertiary alicyclic amines) is 1. The zero-order valence-electron chi connectivity index (χ0n) is 45.9. The smallest absolute Gasteiger partial charge is 0.262 e. The Morgan fingerprint density at radius 3 is 2.12 bits per heavy atom. The number of ether oxygens (including phenoxy) is 1. The van der Waals surface area contributed by atoms with Gasteiger partial charge in [-0.1, -0.05) is 126 Å². The van der Waals surface area contributed by atoms with Gasteiger partial charge in [0.05, 0.1) is 22.2 Å². The lowest BCUT2D eigenvalue weighted by atomic mass is 9.85. The van der Waals surface area contributed by atoms with Crippen LogP contribution in [0.4, 0.5) is 0 Å². The standard InChI is InChI=1S/C61H77N7O9S/c1-40-50(70)32-51(71)54(55(40)77-38-43-16-12-11-13-17-43)59(75)67-35-46-25-22-44(30-47(46)36-67)34-65-26-28-66(29-27-65)53(73)19-15-10-8-6-7-9-14-18-52(72)64-57(61(3,4)5)60(76)68-37-48(69)31-49(68)58(74)62-33-42-20-23-45(24-21-42)56-41(2)63-39-78-56/h11-13,16-17,20-25,30,32,39,48-49,57,69-71H,6-10,14-15,18-19,26-29,31,33-38H2,1-5H3,(H,62,74)(H,64,72)/t48-,49+,57-/m1/s1. The number of piperazine rings is 1. The van der Waals surface area contributed by atoms with Crippen molar-refractivity contribution in [3.63, 3.8) is 0 Å². The van der Waals surface area contributed by atoms with Gasteiger partial charge in [0, 0.05) is 89.8 Å². The van der Waals surface area contributed by atoms with Gasteiger partial charge in [0.25, 0.3) is 5.91 Å². The summed E-state index contributed by atoms with van der Waals surface area (Å²) in [7, 11) is 0. The van der Waals surface area contributed by atoms with Crippen LogP contribution in [0.15, 0.2) is 84.4 Å². The van der Waals surface area contributed by atoms with E-state index in [1.54, 1.807) is 23.2 Å². The molecule has 4 aromatic carbocycles. The summed E-state index contributed by atoms with van der Waals surface area (Å²) in [6.45, 7) is 14.2. The van der Waals surface area contributed by atoms with Crippen LogP contribution in [0, 0.1) is 19.3 Å². The zero-order valence-corrected chi connectivity index (χ0v) is 46.7. The number of unbranched alkanes of at least 4 members (excludes halogenated alkanes) is 6. The number of phenols is 2. The number of aliphatic hydroxyl groups is 1. The molecule has 3 aliphatic rings. The van der Waals surface area contributed by atoms with Gasteiger partial charge in [0.15, 0.2) is 0 Å². The Morgan fingerprint density at radius 2 is 1.44 bits per heavy atom. The summed E-state index contributed by atoms with van der Waals surface area (Å²) in [4.78, 5) is 80.8. The number of carbonyl (C=O) groups excluding carboxylic acids is 5. The maximum atomic E-state index is 14.1. The number of thiazole rings is 1. The zero-order chi connectivity index (χ0) is 55.5. The number of aromatic nitrogens is 1. The van der Waals surface area contributed by atoms with Crippen LogP contribution in [-0.4, -0.2) is 120 Å². The summed E-state index contributed by atoms with van der Waals surface area (Å²) in [5.74, 6) is -1.40. The fraction of sp³-hybridized carbons (Fsp3) is 0.475. The van der Waals surface area contributed by atoms with Crippen LogP contribution in [0.5, 0.6) is 17.2 Å². The van der Waals surface area contributed by atoms with Gasteiger partial charge in [-0.25, -0.2) is 4.98 Å². The third-order valence-corrected chi connectivity index (χ3v) is 16.3. The van der Waals surface area contributed by atoms with Crippen LogP contribution in [0.25, 0.3) is 10.4 Å². The highest BCUT2D eigenvalue weighted by Crippen LogP contribution is 2.40. The molecule has 8 rings (SSSR count). The normalized spacial score (nSPS) is 17.0. The van der Waals surface area contributed by atoms with Gasteiger partial charge in [0.1, 0.15) is 41.5 Å². The molecule has 0 aliphatic carbocycles. The van der Waals surface area contributed by atoms with E-state index >= 15 is 0 Å². The molecule has 0 saturated carbocycles. The summed E-state index contributed by atoms with van der Waals surface area (Å²) in [5, 5.41) is 37.9. The molecule has 5 N–H and O–H groups in total. The van der Waals surface area contributed by atoms with Crippen LogP contribution in [0.3, 0.4) is 0 Å². The first-order chi connectivity index (χ1) is 37.4. The van der Waals surface area contributed by atoms with E-state index in [0.717, 1.165) is 102 Å². The van der Waals surface area contributed by atoms with E-state index in [4.69, 9.17) is 4.74 Å². The number of hydrogen-bond donors (Lipinski definition) is 5. The van der Waals surface area contributed by atoms with Crippen molar-refractivity contribution in [1.82, 2.24) is 35.2 Å². The average Bonchev–Trinajstić information content (AvgIpc) is 4.20. The number of fused-ring (bicyclic) bond motifs is 1. The van der Waals surface area contributed by atoms with Crippen molar-refractivity contribution in [3.8, 4) is 27.7 Å². The summed E-state index contributed by atoms with van der Waals surface area (Å²) in [6, 6.07) is 23.2. The van der Waals surface area contributed by atoms with Crippen molar-refractivity contribution in [1.29, 1.82) is 0 Å². The van der Waals surface area contributed by atoms with E-state index in [2.05, 4.69) is 38.7 Å². The molecular weight excluding hydrogens is 1010 g/mol. The summed E-state index contributed by atoms with van der Waals surface area (Å²) >= 11 is 1.58. The molecule has 0 unspecified atom stereocenters. The molecule has 416 valence electrons. The Kier molecular flexibility index (Phi) is 19.3. The number of β-amino-alcohol motifs (C(OH)–C–C–N with tert-alkyl or cyclic N) is 1. The molecule has 2 saturated heterocycles. The quantitative estimate of drug-likeness (QED) is 0.0416. The van der Waals surface area contributed by atoms with Gasteiger partial charge in [-0.2, -0.15) is 0 Å². The van der Waals surface area contributed by atoms with Crippen LogP contribution >= 0.6 is 11.3 Å². The SMILES string of the molecule is Cc1ncsc1-c1ccc(CNC(=O)[C@@H]2C[C@@H](O)CN2C(=O)[C@@H](NC(=O)CCCCCCCCCC(=O)N2CCN(Cc3ccc4c(c3)CN(C(=O)c3c(O)cc(O)c(C)c3OCc3ccccc3)C4)CC2)C(C)(C)C)cc1. The lowest BCUT2D eigenvalue weighted by molar-refractivity contribution is -0.144. The van der Waals surface area contributed by atoms with E-state index in [-0.39, 0.29) is 84.9 Å². The number of amides is 5. The van der Waals surface area contributed by atoms with Crippen LogP contribution in [0.1, 0.15) is 134 Å². The third kappa shape index (κ3) is 14.6. The number of hydrogen-bond acceptors (Lipinski definition) is 12. The van der Waals surface area contributed by atoms with E-state index in [9.17, 15) is 39.3 Å². The fourth-order valence-corrected chi connectivity index (χ4v) is 11.5. The van der Waals surface area contributed by atoms with E-state index in [1.165, 1.54) is 11.0 Å². The van der Waals surface area contributed by atoms with Crippen LogP contribution in [0.2, 0.25) is 0 Å². The fourth-order valence-electron chi connectivity index (χ4n) is 10.7. The van der Waals surface area contributed by atoms with Crippen molar-refractivity contribution >= 4 is 40.9 Å². The third-order valence-electron chi connectivity index (χ3n) is 15.3. The molecule has 3 atom stereocenters. The highest BCUT2D eigenvalue weighted by Gasteiger charge is 2.44. The molecule has 3 aliphatic heterocycles. The number of phenolic OH excluding ortho intramolecular Hbond substituents is 2. The number of rotatable bonds is 22. The van der Waals surface area contributed by atoms with Gasteiger partial charge in [-0.15, -0.1) is 11.3 Å². The number of carbonyl (C=O) groups is 5. The maximum absolute atomic E-state index is 14.1. The largest absolute Gasteiger partial charge is 0.507 e. The maximum Gasteiger partial charge on any atom is 0.262 e. The number of benzene rings is 4. The second-order valence-corrected chi connectivity index (χ2v) is 23.2. The summed E-state index contributed by atoms with van der Waals surface area (Å²) in [6.07, 6.45) is 6.46. The molecule has 4 heterocycles. The first-order valence-electron chi connectivity index (χ1n) is 27.6.